The van der Waals surface area contributed by atoms with Crippen LogP contribution in [0.1, 0.15) is 0 Å². The van der Waals surface area contributed by atoms with Crippen LogP contribution in [-0.2, 0) is 0 Å². The monoisotopic (exact) mass is 283 g/mol. The highest BCUT2D eigenvalue weighted by molar-refractivity contribution is 5.72. The maximum absolute atomic E-state index is 11.9. The number of nitrogens with zero attached hydrogens (tertiary/aromatic N) is 1. The quantitative estimate of drug-likeness (QED) is 0.719. The van der Waals surface area contributed by atoms with Crippen molar-refractivity contribution in [3.8, 4) is 28.6 Å². The number of hydrogen-bond donors (Lipinski definition) is 2. The molecule has 0 fully saturated rings. The summed E-state index contributed by atoms with van der Waals surface area (Å²) in [7, 11) is 1.55. The fraction of sp³-hybridized carbons (Fsp3) is 0.0667. The number of ether oxygens (including phenoxy) is 1. The lowest BCUT2D eigenvalue weighted by atomic mass is 10.1. The van der Waals surface area contributed by atoms with Gasteiger partial charge in [-0.1, -0.05) is 0 Å². The molecule has 3 N–H and O–H groups in total. The highest BCUT2D eigenvalue weighted by Gasteiger charge is 2.12. The highest BCUT2D eigenvalue weighted by atomic mass is 16.5. The molecule has 2 aromatic heterocycles. The molecule has 0 radical (unpaired) electrons. The van der Waals surface area contributed by atoms with E-state index in [2.05, 4.69) is 9.97 Å². The number of nitrogen functional groups attached to an aromatic ring is 1. The summed E-state index contributed by atoms with van der Waals surface area (Å²) in [5.74, 6) is 1.43. The van der Waals surface area contributed by atoms with E-state index >= 15 is 0 Å². The molecule has 3 rings (SSSR count). The number of nitrogens with one attached hydrogen (secondary N) is 1. The van der Waals surface area contributed by atoms with Crippen molar-refractivity contribution < 1.29 is 9.15 Å². The minimum atomic E-state index is -0.282. The van der Waals surface area contributed by atoms with Crippen LogP contribution in [0.2, 0.25) is 0 Å². The van der Waals surface area contributed by atoms with Crippen LogP contribution in [0.5, 0.6) is 5.75 Å². The van der Waals surface area contributed by atoms with Gasteiger partial charge >= 0.3 is 0 Å². The number of benzene rings is 1. The number of anilines is 1. The van der Waals surface area contributed by atoms with Gasteiger partial charge in [0.25, 0.3) is 5.56 Å². The number of aromatic amines is 1. The van der Waals surface area contributed by atoms with Crippen LogP contribution in [-0.4, -0.2) is 17.1 Å². The van der Waals surface area contributed by atoms with Crippen LogP contribution in [0.15, 0.2) is 51.9 Å². The molecule has 21 heavy (non-hydrogen) atoms. The van der Waals surface area contributed by atoms with E-state index in [0.717, 1.165) is 0 Å². The minimum Gasteiger partial charge on any atom is -0.496 e. The molecule has 3 aromatic rings. The third-order valence-electron chi connectivity index (χ3n) is 3.00. The summed E-state index contributed by atoms with van der Waals surface area (Å²) in [4.78, 5) is 18.9. The molecule has 0 saturated carbocycles. The van der Waals surface area contributed by atoms with Crippen molar-refractivity contribution in [2.24, 2.45) is 0 Å². The molecule has 0 spiro atoms. The normalized spacial score (nSPS) is 10.5. The zero-order valence-corrected chi connectivity index (χ0v) is 11.3. The van der Waals surface area contributed by atoms with Gasteiger partial charge < -0.3 is 19.9 Å². The highest BCUT2D eigenvalue weighted by Crippen LogP contribution is 2.30. The SMILES string of the molecule is COc1ccc(N)cc1-c1cc(=O)[nH]c(-c2ccco2)n1. The molecule has 6 heteroatoms. The number of aromatic nitrogens is 2. The Hall–Kier alpha value is -3.02. The molecule has 1 aromatic carbocycles. The molecule has 0 saturated heterocycles. The fourth-order valence-corrected chi connectivity index (χ4v) is 2.05. The molecule has 0 atom stereocenters. The number of methoxy groups -OCH3 is 1. The summed E-state index contributed by atoms with van der Waals surface area (Å²) < 4.78 is 10.6. The molecular weight excluding hydrogens is 270 g/mol. The van der Waals surface area contributed by atoms with E-state index in [9.17, 15) is 4.79 Å². The number of nitrogens with two attached hydrogens (primary N) is 1. The molecule has 6 nitrogen and oxygen atoms in total. The van der Waals surface area contributed by atoms with Crippen molar-refractivity contribution >= 4 is 5.69 Å². The second-order valence-corrected chi connectivity index (χ2v) is 4.42. The van der Waals surface area contributed by atoms with Crippen molar-refractivity contribution in [3.63, 3.8) is 0 Å². The van der Waals surface area contributed by atoms with Crippen LogP contribution in [0.3, 0.4) is 0 Å². The summed E-state index contributed by atoms with van der Waals surface area (Å²) in [6, 6.07) is 10.0. The van der Waals surface area contributed by atoms with Crippen LogP contribution in [0.25, 0.3) is 22.8 Å². The summed E-state index contributed by atoms with van der Waals surface area (Å²) >= 11 is 0. The van der Waals surface area contributed by atoms with Gasteiger partial charge in [-0.3, -0.25) is 4.79 Å². The van der Waals surface area contributed by atoms with E-state index in [1.165, 1.54) is 12.3 Å². The van der Waals surface area contributed by atoms with Crippen molar-refractivity contribution in [3.05, 3.63) is 53.0 Å². The van der Waals surface area contributed by atoms with Crippen molar-refractivity contribution in [1.82, 2.24) is 9.97 Å². The van der Waals surface area contributed by atoms with E-state index < -0.39 is 0 Å². The van der Waals surface area contributed by atoms with Crippen LogP contribution in [0.4, 0.5) is 5.69 Å². The van der Waals surface area contributed by atoms with Crippen LogP contribution in [0, 0.1) is 0 Å². The third kappa shape index (κ3) is 2.51. The standard InChI is InChI=1S/C15H13N3O3/c1-20-12-5-4-9(16)7-10(12)11-8-14(19)18-15(17-11)13-3-2-6-21-13/h2-8H,16H2,1H3,(H,17,18,19). The smallest absolute Gasteiger partial charge is 0.251 e. The Bertz CT molecular complexity index is 822. The summed E-state index contributed by atoms with van der Waals surface area (Å²) in [5, 5.41) is 0. The first-order valence-corrected chi connectivity index (χ1v) is 6.26. The lowest BCUT2D eigenvalue weighted by molar-refractivity contribution is 0.416. The number of rotatable bonds is 3. The molecule has 0 aliphatic rings. The van der Waals surface area contributed by atoms with E-state index in [-0.39, 0.29) is 5.56 Å². The maximum Gasteiger partial charge on any atom is 0.251 e. The van der Waals surface area contributed by atoms with Gasteiger partial charge in [0, 0.05) is 17.3 Å². The second kappa shape index (κ2) is 5.16. The van der Waals surface area contributed by atoms with Gasteiger partial charge in [0.1, 0.15) is 5.75 Å². The summed E-state index contributed by atoms with van der Waals surface area (Å²) in [6.45, 7) is 0. The molecule has 0 aliphatic carbocycles. The predicted octanol–water partition coefficient (Wildman–Crippen LogP) is 2.29. The second-order valence-electron chi connectivity index (χ2n) is 4.42. The Kier molecular flexibility index (Phi) is 3.19. The van der Waals surface area contributed by atoms with E-state index in [1.54, 1.807) is 37.4 Å². The van der Waals surface area contributed by atoms with Crippen LogP contribution < -0.4 is 16.0 Å². The Morgan fingerprint density at radius 1 is 1.29 bits per heavy atom. The largest absolute Gasteiger partial charge is 0.496 e. The van der Waals surface area contributed by atoms with E-state index in [0.29, 0.717) is 34.3 Å². The van der Waals surface area contributed by atoms with E-state index in [1.807, 2.05) is 0 Å². The van der Waals surface area contributed by atoms with Crippen molar-refractivity contribution in [1.29, 1.82) is 0 Å². The lowest BCUT2D eigenvalue weighted by Gasteiger charge is -2.09. The predicted molar refractivity (Wildman–Crippen MR) is 79.0 cm³/mol. The topological polar surface area (TPSA) is 94.1 Å². The van der Waals surface area contributed by atoms with Gasteiger partial charge in [-0.2, -0.15) is 0 Å². The fourth-order valence-electron chi connectivity index (χ4n) is 2.05. The molecule has 2 heterocycles. The molecule has 0 unspecified atom stereocenters. The van der Waals surface area contributed by atoms with Gasteiger partial charge in [-0.25, -0.2) is 4.98 Å². The van der Waals surface area contributed by atoms with Gasteiger partial charge in [0.2, 0.25) is 0 Å². The summed E-state index contributed by atoms with van der Waals surface area (Å²) in [6.07, 6.45) is 1.52. The van der Waals surface area contributed by atoms with E-state index in [4.69, 9.17) is 14.9 Å². The third-order valence-corrected chi connectivity index (χ3v) is 3.00. The molecular formula is C15H13N3O3. The number of hydrogen-bond acceptors (Lipinski definition) is 5. The Morgan fingerprint density at radius 2 is 2.14 bits per heavy atom. The maximum atomic E-state index is 11.9. The van der Waals surface area contributed by atoms with Gasteiger partial charge in [0.15, 0.2) is 11.6 Å². The average Bonchev–Trinajstić information content (AvgIpc) is 3.01. The summed E-state index contributed by atoms with van der Waals surface area (Å²) in [5.41, 5.74) is 7.20. The minimum absolute atomic E-state index is 0.282. The average molecular weight is 283 g/mol. The zero-order chi connectivity index (χ0) is 14.8. The number of furan rings is 1. The molecule has 0 bridgehead atoms. The molecule has 106 valence electrons. The molecule has 0 aliphatic heterocycles. The van der Waals surface area contributed by atoms with Gasteiger partial charge in [0.05, 0.1) is 19.1 Å². The van der Waals surface area contributed by atoms with Gasteiger partial charge in [-0.15, -0.1) is 0 Å². The first kappa shape index (κ1) is 13.0. The van der Waals surface area contributed by atoms with Crippen LogP contribution >= 0.6 is 0 Å². The zero-order valence-electron chi connectivity index (χ0n) is 11.3. The van der Waals surface area contributed by atoms with Gasteiger partial charge in [-0.05, 0) is 30.3 Å². The lowest BCUT2D eigenvalue weighted by Crippen LogP contribution is -2.08. The Labute approximate surface area is 120 Å². The first-order chi connectivity index (χ1) is 10.2. The van der Waals surface area contributed by atoms with Crippen molar-refractivity contribution in [2.75, 3.05) is 12.8 Å². The molecule has 0 amide bonds. The Morgan fingerprint density at radius 3 is 2.86 bits per heavy atom. The first-order valence-electron chi connectivity index (χ1n) is 6.26. The Balaban J connectivity index is 2.20. The number of H-pyrrole nitrogens is 1. The van der Waals surface area contributed by atoms with Crippen molar-refractivity contribution in [2.45, 2.75) is 0 Å².